The predicted molar refractivity (Wildman–Crippen MR) is 83.1 cm³/mol. The quantitative estimate of drug-likeness (QED) is 0.622. The molecule has 0 N–H and O–H groups in total. The normalized spacial score (nSPS) is 12.0. The van der Waals surface area contributed by atoms with Crippen molar-refractivity contribution in [3.63, 3.8) is 0 Å². The van der Waals surface area contributed by atoms with E-state index >= 15 is 0 Å². The van der Waals surface area contributed by atoms with E-state index in [1.165, 1.54) is 20.8 Å². The zero-order valence-corrected chi connectivity index (χ0v) is 13.3. The number of halogens is 2. The van der Waals surface area contributed by atoms with Crippen molar-refractivity contribution in [3.8, 4) is 0 Å². The van der Waals surface area contributed by atoms with Gasteiger partial charge in [-0.3, -0.25) is 0 Å². The number of rotatable bonds is 3. The summed E-state index contributed by atoms with van der Waals surface area (Å²) in [5.74, 6) is 0. The van der Waals surface area contributed by atoms with E-state index in [0.717, 1.165) is 11.8 Å². The van der Waals surface area contributed by atoms with Crippen LogP contribution in [-0.2, 0) is 5.41 Å². The third-order valence-corrected chi connectivity index (χ3v) is 4.41. The molecule has 0 bridgehead atoms. The van der Waals surface area contributed by atoms with Crippen LogP contribution in [-0.4, -0.2) is 5.33 Å². The lowest BCUT2D eigenvalue weighted by Gasteiger charge is -2.26. The van der Waals surface area contributed by atoms with Crippen LogP contribution in [0.5, 0.6) is 0 Å². The van der Waals surface area contributed by atoms with Crippen LogP contribution in [0, 0.1) is 0 Å². The third kappa shape index (κ3) is 2.58. The Morgan fingerprint density at radius 3 is 2.29 bits per heavy atom. The van der Waals surface area contributed by atoms with Crippen molar-refractivity contribution < 1.29 is 0 Å². The summed E-state index contributed by atoms with van der Waals surface area (Å²) in [7, 11) is 0. The highest BCUT2D eigenvalue weighted by Gasteiger charge is 2.22. The fourth-order valence-corrected chi connectivity index (χ4v) is 3.69. The zero-order valence-electron chi connectivity index (χ0n) is 10.1. The summed E-state index contributed by atoms with van der Waals surface area (Å²) >= 11 is 7.18. The molecule has 0 aromatic heterocycles. The summed E-state index contributed by atoms with van der Waals surface area (Å²) in [4.78, 5) is 0. The molecule has 2 aromatic rings. The molecular weight excluding hydrogens is 340 g/mol. The van der Waals surface area contributed by atoms with Crippen LogP contribution >= 0.6 is 31.9 Å². The molecule has 0 unspecified atom stereocenters. The average Bonchev–Trinajstić information content (AvgIpc) is 2.29. The zero-order chi connectivity index (χ0) is 12.5. The number of benzene rings is 2. The summed E-state index contributed by atoms with van der Waals surface area (Å²) in [6, 6.07) is 13.0. The van der Waals surface area contributed by atoms with E-state index in [0.29, 0.717) is 0 Å². The first-order valence-corrected chi connectivity index (χ1v) is 7.71. The minimum atomic E-state index is 0.198. The first-order valence-electron chi connectivity index (χ1n) is 5.80. The maximum absolute atomic E-state index is 3.63. The molecule has 2 heteroatoms. The molecule has 0 nitrogen and oxygen atoms in total. The standard InChI is InChI=1S/C15H16Br2/c1-15(2,9-10-16)13-7-8-14(17)12-6-4-3-5-11(12)13/h3-8H,9-10H2,1-2H3. The van der Waals surface area contributed by atoms with Gasteiger partial charge in [0.15, 0.2) is 0 Å². The number of alkyl halides is 1. The Hall–Kier alpha value is -0.340. The summed E-state index contributed by atoms with van der Waals surface area (Å²) < 4.78 is 1.17. The highest BCUT2D eigenvalue weighted by molar-refractivity contribution is 9.10. The van der Waals surface area contributed by atoms with Gasteiger partial charge >= 0.3 is 0 Å². The molecule has 0 saturated heterocycles. The van der Waals surface area contributed by atoms with Gasteiger partial charge in [-0.1, -0.05) is 76.0 Å². The van der Waals surface area contributed by atoms with Gasteiger partial charge in [-0.2, -0.15) is 0 Å². The first-order chi connectivity index (χ1) is 8.06. The molecule has 0 aliphatic rings. The van der Waals surface area contributed by atoms with Crippen LogP contribution in [0.1, 0.15) is 25.8 Å². The molecule has 90 valence electrons. The highest BCUT2D eigenvalue weighted by Crippen LogP contribution is 2.36. The van der Waals surface area contributed by atoms with Crippen molar-refractivity contribution in [3.05, 3.63) is 46.4 Å². The topological polar surface area (TPSA) is 0 Å². The van der Waals surface area contributed by atoms with Gasteiger partial charge in [-0.15, -0.1) is 0 Å². The Morgan fingerprint density at radius 2 is 1.65 bits per heavy atom. The molecule has 0 heterocycles. The van der Waals surface area contributed by atoms with Crippen LogP contribution in [0.25, 0.3) is 10.8 Å². The van der Waals surface area contributed by atoms with E-state index in [-0.39, 0.29) is 5.41 Å². The van der Waals surface area contributed by atoms with E-state index in [1.807, 2.05) is 0 Å². The first kappa shape index (κ1) is 13.1. The number of hydrogen-bond acceptors (Lipinski definition) is 0. The molecule has 0 fully saturated rings. The van der Waals surface area contributed by atoms with Crippen molar-refractivity contribution in [2.24, 2.45) is 0 Å². The van der Waals surface area contributed by atoms with E-state index in [1.54, 1.807) is 0 Å². The largest absolute Gasteiger partial charge is 0.0928 e. The lowest BCUT2D eigenvalue weighted by molar-refractivity contribution is 0.517. The van der Waals surface area contributed by atoms with Crippen LogP contribution in [0.2, 0.25) is 0 Å². The van der Waals surface area contributed by atoms with Crippen molar-refractivity contribution in [2.45, 2.75) is 25.7 Å². The molecule has 0 spiro atoms. The molecule has 0 amide bonds. The van der Waals surface area contributed by atoms with E-state index in [2.05, 4.69) is 82.1 Å². The van der Waals surface area contributed by atoms with Crippen LogP contribution in [0.4, 0.5) is 0 Å². The van der Waals surface area contributed by atoms with Crippen LogP contribution in [0.15, 0.2) is 40.9 Å². The van der Waals surface area contributed by atoms with E-state index in [4.69, 9.17) is 0 Å². The maximum Gasteiger partial charge on any atom is 0.0253 e. The van der Waals surface area contributed by atoms with Gasteiger partial charge in [0.05, 0.1) is 0 Å². The molecule has 17 heavy (non-hydrogen) atoms. The fraction of sp³-hybridized carbons (Fsp3) is 0.333. The van der Waals surface area contributed by atoms with Gasteiger partial charge in [0.2, 0.25) is 0 Å². The van der Waals surface area contributed by atoms with Crippen molar-refractivity contribution >= 4 is 42.6 Å². The second kappa shape index (κ2) is 5.11. The van der Waals surface area contributed by atoms with Gasteiger partial charge in [0.1, 0.15) is 0 Å². The predicted octanol–water partition coefficient (Wildman–Crippen LogP) is 5.66. The van der Waals surface area contributed by atoms with Crippen LogP contribution < -0.4 is 0 Å². The van der Waals surface area contributed by atoms with Gasteiger partial charge in [-0.25, -0.2) is 0 Å². The average molecular weight is 356 g/mol. The summed E-state index contributed by atoms with van der Waals surface area (Å²) in [6.07, 6.45) is 1.14. The van der Waals surface area contributed by atoms with Gasteiger partial charge in [0, 0.05) is 9.80 Å². The summed E-state index contributed by atoms with van der Waals surface area (Å²) in [5, 5.41) is 3.69. The van der Waals surface area contributed by atoms with Gasteiger partial charge in [0.25, 0.3) is 0 Å². The number of hydrogen-bond donors (Lipinski definition) is 0. The van der Waals surface area contributed by atoms with Gasteiger partial charge < -0.3 is 0 Å². The Morgan fingerprint density at radius 1 is 1.00 bits per heavy atom. The molecule has 0 aliphatic heterocycles. The lowest BCUT2D eigenvalue weighted by atomic mass is 9.80. The molecule has 0 aliphatic carbocycles. The minimum Gasteiger partial charge on any atom is -0.0928 e. The fourth-order valence-electron chi connectivity index (χ4n) is 2.22. The summed E-state index contributed by atoms with van der Waals surface area (Å²) in [5.41, 5.74) is 1.62. The van der Waals surface area contributed by atoms with E-state index in [9.17, 15) is 0 Å². The van der Waals surface area contributed by atoms with E-state index < -0.39 is 0 Å². The maximum atomic E-state index is 3.63. The molecule has 0 saturated carbocycles. The molecular formula is C15H16Br2. The second-order valence-corrected chi connectivity index (χ2v) is 6.61. The Bertz CT molecular complexity index is 529. The Balaban J connectivity index is 2.67. The second-order valence-electron chi connectivity index (χ2n) is 4.96. The SMILES string of the molecule is CC(C)(CCBr)c1ccc(Br)c2ccccc12. The van der Waals surface area contributed by atoms with Crippen molar-refractivity contribution in [2.75, 3.05) is 5.33 Å². The highest BCUT2D eigenvalue weighted by atomic mass is 79.9. The summed E-state index contributed by atoms with van der Waals surface area (Å²) in [6.45, 7) is 4.62. The Kier molecular flexibility index (Phi) is 3.94. The Labute approximate surface area is 120 Å². The molecule has 0 atom stereocenters. The smallest absolute Gasteiger partial charge is 0.0253 e. The molecule has 2 rings (SSSR count). The van der Waals surface area contributed by atoms with Gasteiger partial charge in [-0.05, 0) is 34.2 Å². The van der Waals surface area contributed by atoms with Crippen LogP contribution in [0.3, 0.4) is 0 Å². The van der Waals surface area contributed by atoms with Crippen molar-refractivity contribution in [1.29, 1.82) is 0 Å². The lowest BCUT2D eigenvalue weighted by Crippen LogP contribution is -2.18. The monoisotopic (exact) mass is 354 g/mol. The minimum absolute atomic E-state index is 0.198. The number of fused-ring (bicyclic) bond motifs is 1. The third-order valence-electron chi connectivity index (χ3n) is 3.32. The molecule has 0 radical (unpaired) electrons. The van der Waals surface area contributed by atoms with Crippen molar-refractivity contribution in [1.82, 2.24) is 0 Å². The molecule has 2 aromatic carbocycles.